The number of carbonyl (C=O) groups excluding carboxylic acids is 4. The minimum Gasteiger partial charge on any atom is -0.497 e. The maximum atomic E-state index is 15.1. The van der Waals surface area contributed by atoms with Gasteiger partial charge in [0.15, 0.2) is 5.60 Å². The number of aromatic nitrogens is 1. The zero-order chi connectivity index (χ0) is 45.8. The molecule has 3 aliphatic rings. The fraction of sp³-hybridized carbons (Fsp3) is 0.651. The van der Waals surface area contributed by atoms with Crippen molar-refractivity contribution in [3.05, 3.63) is 36.5 Å². The molecule has 1 saturated heterocycles. The molecule has 3 heterocycles. The lowest BCUT2D eigenvalue weighted by Crippen LogP contribution is -2.60. The summed E-state index contributed by atoms with van der Waals surface area (Å²) in [6.45, 7) is 9.76. The normalized spacial score (nSPS) is 26.5. The number of nitrogens with one attached hydrogen (secondary N) is 3. The molecule has 2 aromatic rings. The van der Waals surface area contributed by atoms with Crippen molar-refractivity contribution in [2.45, 2.75) is 127 Å². The first-order valence-electron chi connectivity index (χ1n) is 21.1. The molecular weight excluding hydrogens is 833 g/mol. The Morgan fingerprint density at radius 1 is 1.11 bits per heavy atom. The van der Waals surface area contributed by atoms with E-state index in [1.54, 1.807) is 31.2 Å². The molecule has 3 N–H and O–H groups in total. The number of carbonyl (C=O) groups is 4. The maximum absolute atomic E-state index is 15.1. The number of hydrogen-bond acceptors (Lipinski definition) is 12. The number of alkyl carbamates (subject to hydrolysis) is 1. The molecule has 0 bridgehead atoms. The highest BCUT2D eigenvalue weighted by Gasteiger charge is 2.62. The van der Waals surface area contributed by atoms with Gasteiger partial charge in [0.2, 0.25) is 27.7 Å². The third-order valence-electron chi connectivity index (χ3n) is 12.3. The van der Waals surface area contributed by atoms with E-state index in [0.29, 0.717) is 55.1 Å². The van der Waals surface area contributed by atoms with Crippen LogP contribution in [0, 0.1) is 17.8 Å². The molecule has 0 radical (unpaired) electrons. The fourth-order valence-corrected chi connectivity index (χ4v) is 8.93. The van der Waals surface area contributed by atoms with Crippen LogP contribution in [0.15, 0.2) is 36.5 Å². The van der Waals surface area contributed by atoms with Crippen LogP contribution in [0.2, 0.25) is 0 Å². The molecule has 1 aromatic carbocycles. The van der Waals surface area contributed by atoms with E-state index >= 15 is 4.79 Å². The van der Waals surface area contributed by atoms with Crippen molar-refractivity contribution >= 4 is 44.6 Å². The van der Waals surface area contributed by atoms with Crippen LogP contribution in [0.3, 0.4) is 0 Å². The second-order valence-electron chi connectivity index (χ2n) is 17.2. The Hall–Kier alpha value is -4.78. The van der Waals surface area contributed by atoms with Crippen molar-refractivity contribution in [2.75, 3.05) is 34.0 Å². The van der Waals surface area contributed by atoms with Gasteiger partial charge < -0.3 is 39.2 Å². The van der Waals surface area contributed by atoms with Crippen LogP contribution in [0.5, 0.6) is 17.4 Å². The number of benzene rings is 1. The van der Waals surface area contributed by atoms with Gasteiger partial charge in [-0.1, -0.05) is 26.0 Å². The van der Waals surface area contributed by atoms with Crippen LogP contribution < -0.4 is 29.6 Å². The zero-order valence-corrected chi connectivity index (χ0v) is 37.7. The third kappa shape index (κ3) is 10.7. The van der Waals surface area contributed by atoms with Crippen LogP contribution in [0.25, 0.3) is 10.8 Å². The summed E-state index contributed by atoms with van der Waals surface area (Å²) in [4.78, 5) is 63.0. The van der Waals surface area contributed by atoms with Gasteiger partial charge in [0, 0.05) is 43.1 Å². The number of halogens is 2. The highest BCUT2D eigenvalue weighted by atomic mass is 32.2. The minimum absolute atomic E-state index is 0.0314. The summed E-state index contributed by atoms with van der Waals surface area (Å²) < 4.78 is 86.0. The molecule has 19 heteroatoms. The average molecular weight is 894 g/mol. The van der Waals surface area contributed by atoms with Gasteiger partial charge in [0.05, 0.1) is 38.3 Å². The molecule has 8 atom stereocenters. The topological polar surface area (TPSA) is 201 Å². The first-order valence-corrected chi connectivity index (χ1v) is 22.6. The van der Waals surface area contributed by atoms with Crippen molar-refractivity contribution in [1.82, 2.24) is 25.2 Å². The molecule has 8 unspecified atom stereocenters. The van der Waals surface area contributed by atoms with E-state index < -0.39 is 86.2 Å². The van der Waals surface area contributed by atoms with E-state index in [4.69, 9.17) is 23.7 Å². The molecule has 16 nitrogen and oxygen atoms in total. The molecule has 2 fully saturated rings. The molecule has 5 rings (SSSR count). The lowest BCUT2D eigenvalue weighted by atomic mass is 9.87. The van der Waals surface area contributed by atoms with Crippen molar-refractivity contribution in [2.24, 2.45) is 17.8 Å². The number of methoxy groups -OCH3 is 2. The van der Waals surface area contributed by atoms with Gasteiger partial charge in [-0.05, 0) is 83.9 Å². The van der Waals surface area contributed by atoms with Crippen molar-refractivity contribution < 1.29 is 60.1 Å². The molecule has 62 heavy (non-hydrogen) atoms. The number of alkyl halides is 2. The maximum Gasteiger partial charge on any atom is 0.408 e. The highest BCUT2D eigenvalue weighted by Crippen LogP contribution is 2.46. The van der Waals surface area contributed by atoms with Gasteiger partial charge in [-0.25, -0.2) is 27.0 Å². The Morgan fingerprint density at radius 2 is 1.84 bits per heavy atom. The molecule has 4 amide bonds. The Kier molecular flexibility index (Phi) is 15.0. The van der Waals surface area contributed by atoms with Crippen LogP contribution >= 0.6 is 0 Å². The zero-order valence-electron chi connectivity index (χ0n) is 36.9. The third-order valence-corrected chi connectivity index (χ3v) is 14.1. The fourth-order valence-electron chi connectivity index (χ4n) is 7.85. The summed E-state index contributed by atoms with van der Waals surface area (Å²) in [5.74, 6) is -6.04. The summed E-state index contributed by atoms with van der Waals surface area (Å²) >= 11 is 0. The number of sulfonamides is 1. The van der Waals surface area contributed by atoms with Gasteiger partial charge in [-0.2, -0.15) is 0 Å². The molecule has 0 spiro atoms. The van der Waals surface area contributed by atoms with Crippen LogP contribution in [-0.2, 0) is 33.9 Å². The van der Waals surface area contributed by atoms with E-state index in [1.165, 1.54) is 32.2 Å². The first-order chi connectivity index (χ1) is 29.1. The van der Waals surface area contributed by atoms with Gasteiger partial charge in [0.25, 0.3) is 11.8 Å². The van der Waals surface area contributed by atoms with E-state index in [2.05, 4.69) is 20.3 Å². The van der Waals surface area contributed by atoms with E-state index in [9.17, 15) is 31.6 Å². The lowest BCUT2D eigenvalue weighted by molar-refractivity contribution is -0.152. The summed E-state index contributed by atoms with van der Waals surface area (Å²) in [5, 5.41) is 5.66. The molecule has 344 valence electrons. The van der Waals surface area contributed by atoms with Gasteiger partial charge >= 0.3 is 6.09 Å². The van der Waals surface area contributed by atoms with Crippen LogP contribution in [0.1, 0.15) is 87.0 Å². The first kappa shape index (κ1) is 48.3. The standard InChI is InChI=1S/C43H61F2N5O11S/c1-10-26(4)62(55,56)49-39(53)43-21-28(43)15-13-12-14-25(3)18-27(24-57-8)35(47-40(54)61-41(5,6)42(7,44)45)38(52)50-23-30(20-33(50)36(51)48-43)60-37-31-17-16-29(58-9)19-32(31)34(22-46-37)59-11-2/h13,15-17,19,22,25-28,30,33,35H,10-12,14,18,20-21,23-24H2,1-9H3,(H,47,54)(H,48,51)(H,49,53). The SMILES string of the molecule is CCOc1cnc(OC2CC3C(=O)NC4(C(=O)NS(=O)(=O)C(C)CC)CC4C=CCCC(C)CC(COC)C(NC(=O)OC(C)(C)C(C)(F)F)C(=O)N3C2)c2ccc(OC)cc12. The summed E-state index contributed by atoms with van der Waals surface area (Å²) in [7, 11) is -1.15. The summed E-state index contributed by atoms with van der Waals surface area (Å²) in [6.07, 6.45) is 4.69. The Morgan fingerprint density at radius 3 is 2.48 bits per heavy atom. The Labute approximate surface area is 362 Å². The number of pyridine rings is 1. The Balaban J connectivity index is 1.58. The number of allylic oxidation sites excluding steroid dienone is 1. The van der Waals surface area contributed by atoms with Gasteiger partial charge in [-0.3, -0.25) is 19.1 Å². The predicted octanol–water partition coefficient (Wildman–Crippen LogP) is 5.28. The minimum atomic E-state index is -4.11. The highest BCUT2D eigenvalue weighted by molar-refractivity contribution is 7.90. The van der Waals surface area contributed by atoms with Crippen molar-refractivity contribution in [3.63, 3.8) is 0 Å². The quantitative estimate of drug-likeness (QED) is 0.208. The van der Waals surface area contributed by atoms with Gasteiger partial charge in [0.1, 0.15) is 35.2 Å². The largest absolute Gasteiger partial charge is 0.497 e. The molecule has 1 aromatic heterocycles. The number of fused-ring (bicyclic) bond motifs is 3. The molecular formula is C43H61F2N5O11S. The molecule has 1 saturated carbocycles. The second kappa shape index (κ2) is 19.3. The lowest BCUT2D eigenvalue weighted by Gasteiger charge is -2.35. The molecule has 2 aliphatic heterocycles. The van der Waals surface area contributed by atoms with E-state index in [0.717, 1.165) is 13.8 Å². The van der Waals surface area contributed by atoms with E-state index in [-0.39, 0.29) is 44.2 Å². The predicted molar refractivity (Wildman–Crippen MR) is 225 cm³/mol. The number of hydrogen-bond donors (Lipinski definition) is 3. The van der Waals surface area contributed by atoms with Crippen LogP contribution in [0.4, 0.5) is 13.6 Å². The second-order valence-corrected chi connectivity index (χ2v) is 19.3. The van der Waals surface area contributed by atoms with Crippen LogP contribution in [-0.4, -0.2) is 117 Å². The van der Waals surface area contributed by atoms with Crippen molar-refractivity contribution in [1.29, 1.82) is 0 Å². The summed E-state index contributed by atoms with van der Waals surface area (Å²) in [6, 6.07) is 2.45. The molecule has 1 aliphatic carbocycles. The number of nitrogens with zero attached hydrogens (tertiary/aromatic N) is 2. The van der Waals surface area contributed by atoms with Gasteiger partial charge in [-0.15, -0.1) is 0 Å². The van der Waals surface area contributed by atoms with E-state index in [1.807, 2.05) is 19.9 Å². The summed E-state index contributed by atoms with van der Waals surface area (Å²) in [5.41, 5.74) is -3.92. The number of amides is 4. The number of ether oxygens (including phenoxy) is 5. The smallest absolute Gasteiger partial charge is 0.408 e. The number of rotatable bonds is 14. The Bertz CT molecular complexity index is 2120. The monoisotopic (exact) mass is 893 g/mol. The van der Waals surface area contributed by atoms with Crippen molar-refractivity contribution in [3.8, 4) is 17.4 Å². The average Bonchev–Trinajstić information content (AvgIpc) is 3.74.